The molecule has 0 bridgehead atoms. The maximum Gasteiger partial charge on any atom is 0.410 e. The zero-order chi connectivity index (χ0) is 31.6. The molecule has 4 aromatic heterocycles. The summed E-state index contributed by atoms with van der Waals surface area (Å²) < 4.78 is 16.8. The number of imidazole rings is 1. The third-order valence-corrected chi connectivity index (χ3v) is 7.19. The molecule has 0 saturated carbocycles. The van der Waals surface area contributed by atoms with Crippen molar-refractivity contribution in [1.29, 1.82) is 0 Å². The smallest absolute Gasteiger partial charge is 0.410 e. The zero-order valence-corrected chi connectivity index (χ0v) is 25.5. The number of likely N-dealkylation sites (tertiary alicyclic amines) is 1. The summed E-state index contributed by atoms with van der Waals surface area (Å²) in [6, 6.07) is 13.1. The first kappa shape index (κ1) is 29.6. The number of piperidine rings is 1. The highest BCUT2D eigenvalue weighted by molar-refractivity contribution is 5.77. The van der Waals surface area contributed by atoms with E-state index >= 15 is 0 Å². The van der Waals surface area contributed by atoms with E-state index in [0.29, 0.717) is 54.6 Å². The van der Waals surface area contributed by atoms with Crippen LogP contribution in [-0.2, 0) is 11.3 Å². The van der Waals surface area contributed by atoms with Gasteiger partial charge in [0.05, 0.1) is 12.9 Å². The first-order chi connectivity index (χ1) is 21.7. The number of hydrogen-bond acceptors (Lipinski definition) is 9. The number of nitrogens with zero attached hydrogens (tertiary/aromatic N) is 8. The van der Waals surface area contributed by atoms with Crippen LogP contribution in [-0.4, -0.2) is 69.7 Å². The van der Waals surface area contributed by atoms with Gasteiger partial charge in [-0.05, 0) is 45.0 Å². The van der Waals surface area contributed by atoms with Crippen LogP contribution < -0.4 is 15.6 Å². The van der Waals surface area contributed by atoms with Crippen LogP contribution in [0, 0.1) is 0 Å². The number of rotatable bonds is 8. The third-order valence-electron chi connectivity index (χ3n) is 7.19. The average Bonchev–Trinajstić information content (AvgIpc) is 3.64. The molecule has 0 aliphatic carbocycles. The third kappa shape index (κ3) is 6.56. The van der Waals surface area contributed by atoms with Gasteiger partial charge in [0.15, 0.2) is 11.5 Å². The molecular formula is C32H35N9O4. The maximum absolute atomic E-state index is 13.4. The number of allylic oxidation sites excluding steroid dienone is 1. The van der Waals surface area contributed by atoms with Gasteiger partial charge >= 0.3 is 6.09 Å². The lowest BCUT2D eigenvalue weighted by Crippen LogP contribution is -2.44. The van der Waals surface area contributed by atoms with Crippen molar-refractivity contribution in [3.8, 4) is 17.4 Å². The monoisotopic (exact) mass is 609 g/mol. The number of benzene rings is 1. The molecule has 232 valence electrons. The van der Waals surface area contributed by atoms with Crippen LogP contribution in [0.15, 0.2) is 84.8 Å². The van der Waals surface area contributed by atoms with Crippen molar-refractivity contribution in [2.24, 2.45) is 0 Å². The second kappa shape index (κ2) is 12.3. The van der Waals surface area contributed by atoms with Gasteiger partial charge in [0.1, 0.15) is 17.1 Å². The van der Waals surface area contributed by atoms with Crippen molar-refractivity contribution >= 4 is 28.8 Å². The lowest BCUT2D eigenvalue weighted by atomic mass is 10.1. The highest BCUT2D eigenvalue weighted by atomic mass is 16.6. The molecule has 1 amide bonds. The van der Waals surface area contributed by atoms with Gasteiger partial charge in [0, 0.05) is 62.0 Å². The van der Waals surface area contributed by atoms with Gasteiger partial charge in [-0.3, -0.25) is 4.79 Å². The molecule has 1 fully saturated rings. The van der Waals surface area contributed by atoms with Crippen LogP contribution in [0.1, 0.15) is 33.6 Å². The first-order valence-electron chi connectivity index (χ1n) is 14.8. The molecule has 1 aliphatic rings. The van der Waals surface area contributed by atoms with E-state index < -0.39 is 5.60 Å². The Kier molecular flexibility index (Phi) is 8.07. The van der Waals surface area contributed by atoms with Crippen LogP contribution in [0.5, 0.6) is 5.88 Å². The standard InChI is InChI=1S/C32H35N9O4/c1-5-15-40-29(42)25-20-34-30(35-22-8-6-9-23(19-22)39-18-14-33-21-39)37-28(25)41(40)26-10-7-11-27(36-26)44-24-12-16-38(17-13-24)31(43)45-32(2,3)4/h5-11,14,18-21,24H,1,12-13,15-17H2,2-4H3,(H,34,35,37). The maximum atomic E-state index is 13.4. The molecule has 0 spiro atoms. The van der Waals surface area contributed by atoms with Gasteiger partial charge in [-0.15, -0.1) is 6.58 Å². The van der Waals surface area contributed by atoms with Crippen LogP contribution >= 0.6 is 0 Å². The van der Waals surface area contributed by atoms with Crippen molar-refractivity contribution in [3.05, 3.63) is 90.4 Å². The number of pyridine rings is 1. The summed E-state index contributed by atoms with van der Waals surface area (Å²) in [5.41, 5.74) is 1.27. The first-order valence-corrected chi connectivity index (χ1v) is 14.8. The van der Waals surface area contributed by atoms with Crippen molar-refractivity contribution in [2.45, 2.75) is 51.9 Å². The highest BCUT2D eigenvalue weighted by Gasteiger charge is 2.28. The molecule has 1 N–H and O–H groups in total. The largest absolute Gasteiger partial charge is 0.474 e. The van der Waals surface area contributed by atoms with E-state index in [1.165, 1.54) is 10.9 Å². The van der Waals surface area contributed by atoms with E-state index in [1.807, 2.05) is 61.9 Å². The van der Waals surface area contributed by atoms with E-state index in [1.54, 1.807) is 40.3 Å². The van der Waals surface area contributed by atoms with Gasteiger partial charge < -0.3 is 24.3 Å². The van der Waals surface area contributed by atoms with Crippen LogP contribution in [0.3, 0.4) is 0 Å². The fourth-order valence-electron chi connectivity index (χ4n) is 5.13. The van der Waals surface area contributed by atoms with Crippen molar-refractivity contribution in [1.82, 2.24) is 38.8 Å². The number of carbonyl (C=O) groups excluding carboxylic acids is 1. The Hall–Kier alpha value is -5.46. The highest BCUT2D eigenvalue weighted by Crippen LogP contribution is 2.23. The number of hydrogen-bond donors (Lipinski definition) is 1. The second-order valence-corrected chi connectivity index (χ2v) is 11.7. The molecule has 1 aromatic carbocycles. The Morgan fingerprint density at radius 2 is 1.93 bits per heavy atom. The second-order valence-electron chi connectivity index (χ2n) is 11.7. The van der Waals surface area contributed by atoms with Gasteiger partial charge in [0.2, 0.25) is 11.8 Å². The Morgan fingerprint density at radius 3 is 2.67 bits per heavy atom. The Morgan fingerprint density at radius 1 is 1.13 bits per heavy atom. The minimum absolute atomic E-state index is 0.126. The quantitative estimate of drug-likeness (QED) is 0.245. The molecule has 13 heteroatoms. The Labute approximate surface area is 259 Å². The van der Waals surface area contributed by atoms with Gasteiger partial charge in [-0.25, -0.2) is 24.1 Å². The Balaban J connectivity index is 1.25. The minimum Gasteiger partial charge on any atom is -0.474 e. The summed E-state index contributed by atoms with van der Waals surface area (Å²) in [5, 5.41) is 3.59. The van der Waals surface area contributed by atoms with E-state index in [-0.39, 0.29) is 24.3 Å². The molecule has 5 aromatic rings. The van der Waals surface area contributed by atoms with Crippen molar-refractivity contribution in [3.63, 3.8) is 0 Å². The lowest BCUT2D eigenvalue weighted by molar-refractivity contribution is 0.0123. The Bertz CT molecular complexity index is 1880. The number of carbonyl (C=O) groups is 1. The van der Waals surface area contributed by atoms with Crippen LogP contribution in [0.25, 0.3) is 22.5 Å². The summed E-state index contributed by atoms with van der Waals surface area (Å²) >= 11 is 0. The summed E-state index contributed by atoms with van der Waals surface area (Å²) in [7, 11) is 0. The van der Waals surface area contributed by atoms with E-state index in [0.717, 1.165) is 11.4 Å². The molecule has 13 nitrogen and oxygen atoms in total. The molecular weight excluding hydrogens is 574 g/mol. The average molecular weight is 610 g/mol. The predicted octanol–water partition coefficient (Wildman–Crippen LogP) is 4.87. The number of fused-ring (bicyclic) bond motifs is 1. The molecule has 45 heavy (non-hydrogen) atoms. The minimum atomic E-state index is -0.544. The van der Waals surface area contributed by atoms with Gasteiger partial charge in [0.25, 0.3) is 5.56 Å². The van der Waals surface area contributed by atoms with Crippen LogP contribution in [0.2, 0.25) is 0 Å². The molecule has 1 saturated heterocycles. The number of aromatic nitrogens is 7. The summed E-state index contributed by atoms with van der Waals surface area (Å²) in [6.07, 6.45) is 9.30. The van der Waals surface area contributed by atoms with Gasteiger partial charge in [-0.2, -0.15) is 9.97 Å². The van der Waals surface area contributed by atoms with E-state index in [4.69, 9.17) is 19.4 Å². The molecule has 6 rings (SSSR count). The van der Waals surface area contributed by atoms with Crippen LogP contribution in [0.4, 0.5) is 16.4 Å². The fourth-order valence-corrected chi connectivity index (χ4v) is 5.13. The molecule has 0 atom stereocenters. The fraction of sp³-hybridized carbons (Fsp3) is 0.312. The lowest BCUT2D eigenvalue weighted by Gasteiger charge is -2.33. The molecule has 0 radical (unpaired) electrons. The number of anilines is 2. The molecule has 1 aliphatic heterocycles. The summed E-state index contributed by atoms with van der Waals surface area (Å²) in [5.74, 6) is 1.18. The normalized spacial score (nSPS) is 14.0. The molecule has 0 unspecified atom stereocenters. The van der Waals surface area contributed by atoms with E-state index in [2.05, 4.69) is 21.9 Å². The molecule has 5 heterocycles. The van der Waals surface area contributed by atoms with Crippen molar-refractivity contribution in [2.75, 3.05) is 18.4 Å². The summed E-state index contributed by atoms with van der Waals surface area (Å²) in [6.45, 7) is 10.7. The van der Waals surface area contributed by atoms with Crippen molar-refractivity contribution < 1.29 is 14.3 Å². The van der Waals surface area contributed by atoms with Gasteiger partial charge in [-0.1, -0.05) is 18.2 Å². The predicted molar refractivity (Wildman–Crippen MR) is 169 cm³/mol. The number of amides is 1. The number of ether oxygens (including phenoxy) is 2. The topological polar surface area (TPSA) is 134 Å². The zero-order valence-electron chi connectivity index (χ0n) is 25.5. The SMILES string of the molecule is C=CCn1c(=O)c2cnc(Nc3cccc(-n4ccnc4)c3)nc2n1-c1cccc(OC2CCN(C(=O)OC(C)(C)C)CC2)n1. The van der Waals surface area contributed by atoms with E-state index in [9.17, 15) is 9.59 Å². The number of nitrogens with one attached hydrogen (secondary N) is 1. The summed E-state index contributed by atoms with van der Waals surface area (Å²) in [4.78, 5) is 45.6.